The Hall–Kier alpha value is -1.84. The maximum Gasteiger partial charge on any atom is 0.224 e. The summed E-state index contributed by atoms with van der Waals surface area (Å²) >= 11 is 0. The van der Waals surface area contributed by atoms with Crippen LogP contribution in [0.5, 0.6) is 0 Å². The molecular formula is C17H28N2O2. The van der Waals surface area contributed by atoms with Crippen molar-refractivity contribution >= 4 is 11.8 Å². The van der Waals surface area contributed by atoms with Gasteiger partial charge in [-0.25, -0.2) is 0 Å². The maximum atomic E-state index is 11.7. The van der Waals surface area contributed by atoms with Gasteiger partial charge in [0.2, 0.25) is 11.8 Å². The van der Waals surface area contributed by atoms with Crippen molar-refractivity contribution in [3.8, 4) is 0 Å². The third-order valence-corrected chi connectivity index (χ3v) is 2.55. The summed E-state index contributed by atoms with van der Waals surface area (Å²) in [5, 5.41) is 5.54. The van der Waals surface area contributed by atoms with Crippen LogP contribution in [0.2, 0.25) is 0 Å². The van der Waals surface area contributed by atoms with Crippen LogP contribution in [0.15, 0.2) is 36.2 Å². The van der Waals surface area contributed by atoms with Crippen LogP contribution < -0.4 is 10.6 Å². The largest absolute Gasteiger partial charge is 0.327 e. The van der Waals surface area contributed by atoms with Gasteiger partial charge in [-0.15, -0.1) is 0 Å². The van der Waals surface area contributed by atoms with Crippen molar-refractivity contribution in [2.45, 2.75) is 47.5 Å². The zero-order chi connectivity index (χ0) is 16.4. The average molecular weight is 292 g/mol. The first-order chi connectivity index (χ1) is 9.74. The minimum atomic E-state index is -0.0504. The summed E-state index contributed by atoms with van der Waals surface area (Å²) in [5.74, 6) is 0.559. The fraction of sp³-hybridized carbons (Fsp3) is 0.529. The summed E-state index contributed by atoms with van der Waals surface area (Å²) in [7, 11) is 0. The van der Waals surface area contributed by atoms with Gasteiger partial charge in [-0.2, -0.15) is 0 Å². The molecule has 0 aromatic carbocycles. The molecule has 0 heterocycles. The van der Waals surface area contributed by atoms with Gasteiger partial charge in [0.25, 0.3) is 0 Å². The molecule has 2 N–H and O–H groups in total. The smallest absolute Gasteiger partial charge is 0.224 e. The van der Waals surface area contributed by atoms with Gasteiger partial charge >= 0.3 is 0 Å². The molecule has 2 amide bonds. The van der Waals surface area contributed by atoms with Crippen LogP contribution in [0.1, 0.15) is 47.5 Å². The number of amides is 2. The Morgan fingerprint density at radius 1 is 0.952 bits per heavy atom. The quantitative estimate of drug-likeness (QED) is 0.674. The highest BCUT2D eigenvalue weighted by atomic mass is 16.2. The van der Waals surface area contributed by atoms with Gasteiger partial charge in [0.15, 0.2) is 0 Å². The molecule has 0 atom stereocenters. The molecule has 0 aromatic heterocycles. The van der Waals surface area contributed by atoms with Gasteiger partial charge in [0.05, 0.1) is 0 Å². The summed E-state index contributed by atoms with van der Waals surface area (Å²) < 4.78 is 0. The number of carbonyl (C=O) groups is 2. The second-order valence-electron chi connectivity index (χ2n) is 5.89. The van der Waals surface area contributed by atoms with E-state index in [1.807, 2.05) is 34.6 Å². The predicted molar refractivity (Wildman–Crippen MR) is 87.2 cm³/mol. The molecule has 0 aliphatic rings. The van der Waals surface area contributed by atoms with E-state index >= 15 is 0 Å². The van der Waals surface area contributed by atoms with E-state index in [-0.39, 0.29) is 11.8 Å². The number of hydrogen-bond acceptors (Lipinski definition) is 2. The number of carbonyl (C=O) groups excluding carboxylic acids is 2. The van der Waals surface area contributed by atoms with Crippen LogP contribution in [0.4, 0.5) is 0 Å². The highest BCUT2D eigenvalue weighted by Gasteiger charge is 2.06. The minimum Gasteiger partial charge on any atom is -0.327 e. The Morgan fingerprint density at radius 2 is 1.43 bits per heavy atom. The lowest BCUT2D eigenvalue weighted by Crippen LogP contribution is -2.24. The molecule has 118 valence electrons. The van der Waals surface area contributed by atoms with Crippen LogP contribution in [0.25, 0.3) is 0 Å². The maximum absolute atomic E-state index is 11.7. The lowest BCUT2D eigenvalue weighted by molar-refractivity contribution is -0.121. The Morgan fingerprint density at radius 3 is 1.86 bits per heavy atom. The van der Waals surface area contributed by atoms with E-state index in [0.29, 0.717) is 36.1 Å². The van der Waals surface area contributed by atoms with E-state index in [1.165, 1.54) is 0 Å². The van der Waals surface area contributed by atoms with Crippen molar-refractivity contribution in [2.75, 3.05) is 0 Å². The number of allylic oxidation sites excluding steroid dienone is 3. The molecule has 4 heteroatoms. The standard InChI is InChI=1S/C17H28N2O2/c1-7-15(19-17(21)11-13(4)5)9-8-14(6)18-16(20)10-12(2)3/h7-9,12-13H,6,10-11H2,1-5H3,(H,18,20)(H,19,21)/b9-8-,15-7+. The fourth-order valence-electron chi connectivity index (χ4n) is 1.63. The van der Waals surface area contributed by atoms with Crippen LogP contribution in [-0.2, 0) is 9.59 Å². The second-order valence-corrected chi connectivity index (χ2v) is 5.89. The van der Waals surface area contributed by atoms with Gasteiger partial charge in [0, 0.05) is 24.2 Å². The van der Waals surface area contributed by atoms with Crippen molar-refractivity contribution in [1.82, 2.24) is 10.6 Å². The van der Waals surface area contributed by atoms with E-state index in [9.17, 15) is 9.59 Å². The van der Waals surface area contributed by atoms with E-state index < -0.39 is 0 Å². The summed E-state index contributed by atoms with van der Waals surface area (Å²) in [5.41, 5.74) is 1.21. The second kappa shape index (κ2) is 9.97. The Labute approximate surface area is 128 Å². The number of rotatable bonds is 8. The van der Waals surface area contributed by atoms with Crippen LogP contribution >= 0.6 is 0 Å². The molecule has 0 saturated heterocycles. The van der Waals surface area contributed by atoms with Gasteiger partial charge in [-0.05, 0) is 30.9 Å². The molecule has 0 bridgehead atoms. The monoisotopic (exact) mass is 292 g/mol. The first-order valence-electron chi connectivity index (χ1n) is 7.37. The van der Waals surface area contributed by atoms with Gasteiger partial charge in [0.1, 0.15) is 0 Å². The zero-order valence-electron chi connectivity index (χ0n) is 13.8. The average Bonchev–Trinajstić information content (AvgIpc) is 2.32. The van der Waals surface area contributed by atoms with E-state index in [4.69, 9.17) is 0 Å². The molecule has 0 rings (SSSR count). The highest BCUT2D eigenvalue weighted by molar-refractivity contribution is 5.79. The molecule has 4 nitrogen and oxygen atoms in total. The van der Waals surface area contributed by atoms with Crippen molar-refractivity contribution in [1.29, 1.82) is 0 Å². The lowest BCUT2D eigenvalue weighted by atomic mass is 10.1. The zero-order valence-corrected chi connectivity index (χ0v) is 13.8. The summed E-state index contributed by atoms with van der Waals surface area (Å²) in [4.78, 5) is 23.3. The molecular weight excluding hydrogens is 264 g/mol. The van der Waals surface area contributed by atoms with E-state index in [2.05, 4.69) is 17.2 Å². The van der Waals surface area contributed by atoms with E-state index in [0.717, 1.165) is 0 Å². The molecule has 21 heavy (non-hydrogen) atoms. The normalized spacial score (nSPS) is 12.0. The molecule has 0 aromatic rings. The molecule has 0 fully saturated rings. The fourth-order valence-corrected chi connectivity index (χ4v) is 1.63. The summed E-state index contributed by atoms with van der Waals surface area (Å²) in [6, 6.07) is 0. The van der Waals surface area contributed by atoms with Gasteiger partial charge in [-0.1, -0.05) is 40.3 Å². The van der Waals surface area contributed by atoms with Crippen molar-refractivity contribution in [2.24, 2.45) is 11.8 Å². The Bertz CT molecular complexity index is 432. The highest BCUT2D eigenvalue weighted by Crippen LogP contribution is 2.03. The molecule has 0 radical (unpaired) electrons. The summed E-state index contributed by atoms with van der Waals surface area (Å²) in [6.45, 7) is 13.6. The predicted octanol–water partition coefficient (Wildman–Crippen LogP) is 3.28. The summed E-state index contributed by atoms with van der Waals surface area (Å²) in [6.07, 6.45) is 6.17. The lowest BCUT2D eigenvalue weighted by Gasteiger charge is -2.09. The Balaban J connectivity index is 4.39. The molecule has 0 saturated carbocycles. The van der Waals surface area contributed by atoms with Crippen LogP contribution in [0, 0.1) is 11.8 Å². The first kappa shape index (κ1) is 19.2. The SMILES string of the molecule is C=C(/C=C\C(=C/C)NC(=O)CC(C)C)NC(=O)CC(C)C. The number of hydrogen-bond donors (Lipinski definition) is 2. The number of nitrogens with one attached hydrogen (secondary N) is 2. The third-order valence-electron chi connectivity index (χ3n) is 2.55. The third kappa shape index (κ3) is 10.6. The molecule has 0 aliphatic carbocycles. The van der Waals surface area contributed by atoms with Crippen molar-refractivity contribution in [3.05, 3.63) is 36.2 Å². The molecule has 0 spiro atoms. The Kier molecular flexibility index (Phi) is 9.10. The first-order valence-corrected chi connectivity index (χ1v) is 7.37. The van der Waals surface area contributed by atoms with Crippen molar-refractivity contribution < 1.29 is 9.59 Å². The topological polar surface area (TPSA) is 58.2 Å². The van der Waals surface area contributed by atoms with E-state index in [1.54, 1.807) is 18.2 Å². The minimum absolute atomic E-state index is 0.0165. The van der Waals surface area contributed by atoms with Gasteiger partial charge in [-0.3, -0.25) is 9.59 Å². The van der Waals surface area contributed by atoms with Crippen molar-refractivity contribution in [3.63, 3.8) is 0 Å². The molecule has 0 aliphatic heterocycles. The van der Waals surface area contributed by atoms with Crippen LogP contribution in [-0.4, -0.2) is 11.8 Å². The van der Waals surface area contributed by atoms with Gasteiger partial charge < -0.3 is 10.6 Å². The van der Waals surface area contributed by atoms with Crippen LogP contribution in [0.3, 0.4) is 0 Å². The molecule has 0 unspecified atom stereocenters.